The first kappa shape index (κ1) is 15.9. The van der Waals surface area contributed by atoms with Crippen LogP contribution < -0.4 is 5.32 Å². The second kappa shape index (κ2) is 7.43. The number of rotatable bonds is 7. The van der Waals surface area contributed by atoms with E-state index in [-0.39, 0.29) is 5.41 Å². The Bertz CT molecular complexity index is 385. The zero-order chi connectivity index (χ0) is 14.3. The summed E-state index contributed by atoms with van der Waals surface area (Å²) in [6.45, 7) is 12.9. The Hall–Kier alpha value is -1.16. The molecule has 0 fully saturated rings. The van der Waals surface area contributed by atoms with Gasteiger partial charge in [-0.25, -0.2) is 9.97 Å². The summed E-state index contributed by atoms with van der Waals surface area (Å²) in [7, 11) is 0. The average Bonchev–Trinajstić information content (AvgIpc) is 2.35. The van der Waals surface area contributed by atoms with E-state index in [9.17, 15) is 0 Å². The zero-order valence-corrected chi connectivity index (χ0v) is 12.9. The first-order valence-corrected chi connectivity index (χ1v) is 7.17. The van der Waals surface area contributed by atoms with Crippen LogP contribution in [0.1, 0.15) is 59.0 Å². The third-order valence-electron chi connectivity index (χ3n) is 2.68. The van der Waals surface area contributed by atoms with Crippen molar-refractivity contribution in [1.29, 1.82) is 0 Å². The highest BCUT2D eigenvalue weighted by molar-refractivity contribution is 5.37. The van der Waals surface area contributed by atoms with Gasteiger partial charge in [0, 0.05) is 24.6 Å². The Morgan fingerprint density at radius 1 is 1.16 bits per heavy atom. The fraction of sp³-hybridized carbons (Fsp3) is 0.733. The van der Waals surface area contributed by atoms with Gasteiger partial charge in [-0.3, -0.25) is 0 Å². The molecule has 0 bridgehead atoms. The van der Waals surface area contributed by atoms with Gasteiger partial charge in [0.05, 0.1) is 5.69 Å². The maximum Gasteiger partial charge on any atom is 0.156 e. The van der Waals surface area contributed by atoms with Crippen LogP contribution in [0.15, 0.2) is 6.07 Å². The van der Waals surface area contributed by atoms with E-state index >= 15 is 0 Å². The quantitative estimate of drug-likeness (QED) is 0.766. The van der Waals surface area contributed by atoms with Gasteiger partial charge in [0.2, 0.25) is 0 Å². The summed E-state index contributed by atoms with van der Waals surface area (Å²) >= 11 is 0. The van der Waals surface area contributed by atoms with E-state index in [0.717, 1.165) is 43.3 Å². The highest BCUT2D eigenvalue weighted by Gasteiger charge is 2.17. The van der Waals surface area contributed by atoms with Gasteiger partial charge >= 0.3 is 0 Å². The molecule has 1 heterocycles. The molecule has 1 rings (SSSR count). The molecule has 0 unspecified atom stereocenters. The van der Waals surface area contributed by atoms with Crippen LogP contribution in [0.4, 0.5) is 5.82 Å². The summed E-state index contributed by atoms with van der Waals surface area (Å²) in [4.78, 5) is 9.12. The summed E-state index contributed by atoms with van der Waals surface area (Å²) in [5.41, 5.74) is 1.07. The number of hydrogen-bond donors (Lipinski definition) is 1. The van der Waals surface area contributed by atoms with Crippen molar-refractivity contribution in [2.45, 2.75) is 59.5 Å². The molecule has 1 aromatic rings. The number of nitrogens with one attached hydrogen (secondary N) is 1. The maximum absolute atomic E-state index is 5.54. The fourth-order valence-electron chi connectivity index (χ4n) is 1.60. The predicted molar refractivity (Wildman–Crippen MR) is 79.5 cm³/mol. The monoisotopic (exact) mass is 265 g/mol. The molecule has 0 aliphatic heterocycles. The number of aromatic nitrogens is 2. The van der Waals surface area contributed by atoms with Gasteiger partial charge in [0.25, 0.3) is 0 Å². The van der Waals surface area contributed by atoms with Gasteiger partial charge in [-0.2, -0.15) is 0 Å². The summed E-state index contributed by atoms with van der Waals surface area (Å²) in [6.07, 6.45) is 2.09. The third-order valence-corrected chi connectivity index (χ3v) is 2.68. The van der Waals surface area contributed by atoms with Crippen molar-refractivity contribution in [3.63, 3.8) is 0 Å². The lowest BCUT2D eigenvalue weighted by Gasteiger charge is -2.19. The number of ether oxygens (including phenoxy) is 1. The first-order valence-electron chi connectivity index (χ1n) is 7.17. The number of nitrogens with zero attached hydrogens (tertiary/aromatic N) is 2. The molecule has 19 heavy (non-hydrogen) atoms. The third kappa shape index (κ3) is 5.55. The molecule has 0 amide bonds. The molecular formula is C15H27N3O. The topological polar surface area (TPSA) is 47.0 Å². The highest BCUT2D eigenvalue weighted by atomic mass is 16.5. The smallest absolute Gasteiger partial charge is 0.156 e. The average molecular weight is 265 g/mol. The molecule has 1 aromatic heterocycles. The van der Waals surface area contributed by atoms with Crippen molar-refractivity contribution >= 4 is 5.82 Å². The molecule has 108 valence electrons. The molecule has 0 aliphatic carbocycles. The van der Waals surface area contributed by atoms with Crippen LogP contribution >= 0.6 is 0 Å². The Balaban J connectivity index is 2.89. The van der Waals surface area contributed by atoms with Gasteiger partial charge in [-0.1, -0.05) is 34.6 Å². The fourth-order valence-corrected chi connectivity index (χ4v) is 1.60. The molecule has 0 saturated heterocycles. The van der Waals surface area contributed by atoms with Gasteiger partial charge < -0.3 is 10.1 Å². The lowest BCUT2D eigenvalue weighted by Crippen LogP contribution is -2.17. The summed E-state index contributed by atoms with van der Waals surface area (Å²) < 4.78 is 5.54. The molecular weight excluding hydrogens is 238 g/mol. The lowest BCUT2D eigenvalue weighted by molar-refractivity contribution is 0.116. The zero-order valence-electron chi connectivity index (χ0n) is 12.9. The first-order chi connectivity index (χ1) is 8.97. The van der Waals surface area contributed by atoms with Gasteiger partial charge in [0.15, 0.2) is 5.82 Å². The van der Waals surface area contributed by atoms with E-state index in [2.05, 4.69) is 49.9 Å². The summed E-state index contributed by atoms with van der Waals surface area (Å²) in [5, 5.41) is 3.33. The Morgan fingerprint density at radius 2 is 1.89 bits per heavy atom. The van der Waals surface area contributed by atoms with Crippen molar-refractivity contribution in [3.05, 3.63) is 17.6 Å². The molecule has 4 nitrogen and oxygen atoms in total. The Kier molecular flexibility index (Phi) is 6.22. The number of hydrogen-bond acceptors (Lipinski definition) is 4. The lowest BCUT2D eigenvalue weighted by atomic mass is 9.92. The van der Waals surface area contributed by atoms with Crippen LogP contribution in [0.5, 0.6) is 0 Å². The van der Waals surface area contributed by atoms with Crippen molar-refractivity contribution in [3.8, 4) is 0 Å². The normalized spacial score (nSPS) is 11.6. The van der Waals surface area contributed by atoms with Crippen LogP contribution in [-0.4, -0.2) is 23.1 Å². The summed E-state index contributed by atoms with van der Waals surface area (Å²) in [5.74, 6) is 1.66. The molecule has 0 aromatic carbocycles. The van der Waals surface area contributed by atoms with E-state index < -0.39 is 0 Å². The van der Waals surface area contributed by atoms with E-state index in [4.69, 9.17) is 4.74 Å². The highest BCUT2D eigenvalue weighted by Crippen LogP contribution is 2.22. The molecule has 0 aliphatic rings. The largest absolute Gasteiger partial charge is 0.373 e. The number of anilines is 1. The Labute approximate surface area is 117 Å². The minimum atomic E-state index is 0.0189. The van der Waals surface area contributed by atoms with Crippen molar-refractivity contribution in [2.24, 2.45) is 0 Å². The summed E-state index contributed by atoms with van der Waals surface area (Å²) in [6, 6.07) is 2.04. The van der Waals surface area contributed by atoms with Crippen molar-refractivity contribution < 1.29 is 4.74 Å². The van der Waals surface area contributed by atoms with Gasteiger partial charge in [-0.05, 0) is 12.8 Å². The standard InChI is InChI=1S/C15H27N3O/c1-6-8-16-13-10-12(15(3,4)5)17-14(18-13)11-19-9-7-2/h10H,6-9,11H2,1-5H3,(H,16,17,18). The second-order valence-electron chi connectivity index (χ2n) is 5.78. The predicted octanol–water partition coefficient (Wildman–Crippen LogP) is 3.52. The van der Waals surface area contributed by atoms with Crippen LogP contribution in [0.2, 0.25) is 0 Å². The molecule has 0 radical (unpaired) electrons. The maximum atomic E-state index is 5.54. The van der Waals surface area contributed by atoms with Gasteiger partial charge in [-0.15, -0.1) is 0 Å². The SMILES string of the molecule is CCCNc1cc(C(C)(C)C)nc(COCCC)n1. The van der Waals surface area contributed by atoms with Crippen LogP contribution in [0.3, 0.4) is 0 Å². The molecule has 4 heteroatoms. The molecule has 0 spiro atoms. The van der Waals surface area contributed by atoms with E-state index in [1.807, 2.05) is 6.07 Å². The molecule has 0 saturated carbocycles. The van der Waals surface area contributed by atoms with Crippen LogP contribution in [0.25, 0.3) is 0 Å². The minimum absolute atomic E-state index is 0.0189. The van der Waals surface area contributed by atoms with Crippen LogP contribution in [0, 0.1) is 0 Å². The Morgan fingerprint density at radius 3 is 2.47 bits per heavy atom. The minimum Gasteiger partial charge on any atom is -0.373 e. The van der Waals surface area contributed by atoms with E-state index in [1.54, 1.807) is 0 Å². The molecule has 0 atom stereocenters. The van der Waals surface area contributed by atoms with Crippen molar-refractivity contribution in [1.82, 2.24) is 9.97 Å². The van der Waals surface area contributed by atoms with E-state index in [0.29, 0.717) is 6.61 Å². The van der Waals surface area contributed by atoms with Gasteiger partial charge in [0.1, 0.15) is 12.4 Å². The van der Waals surface area contributed by atoms with Crippen LogP contribution in [-0.2, 0) is 16.8 Å². The van der Waals surface area contributed by atoms with E-state index in [1.165, 1.54) is 0 Å². The second-order valence-corrected chi connectivity index (χ2v) is 5.78. The van der Waals surface area contributed by atoms with Crippen molar-refractivity contribution in [2.75, 3.05) is 18.5 Å². The molecule has 1 N–H and O–H groups in total.